The molecule has 2 nitrogen and oxygen atoms in total. The maximum Gasteiger partial charge on any atom is 0.306 e. The van der Waals surface area contributed by atoms with Crippen LogP contribution in [-0.4, -0.2) is 18.9 Å². The number of carbonyl (C=O) groups is 1. The van der Waals surface area contributed by atoms with Crippen molar-refractivity contribution < 1.29 is 9.90 Å². The molecule has 88 valence electrons. The van der Waals surface area contributed by atoms with E-state index < -0.39 is 5.97 Å². The molecule has 16 heavy (non-hydrogen) atoms. The molecule has 0 heterocycles. The molecule has 0 bridgehead atoms. The van der Waals surface area contributed by atoms with Crippen LogP contribution in [0.2, 0.25) is 5.31 Å². The van der Waals surface area contributed by atoms with Gasteiger partial charge in [-0.1, -0.05) is 32.4 Å². The molecule has 1 saturated carbocycles. The first kappa shape index (κ1) is 13.3. The molecule has 0 aromatic rings. The highest BCUT2D eigenvalue weighted by molar-refractivity contribution is 6.18. The lowest BCUT2D eigenvalue weighted by atomic mass is 9.51. The third-order valence-electron chi connectivity index (χ3n) is 3.20. The fraction of sp³-hybridized carbons (Fsp3) is 0.769. The van der Waals surface area contributed by atoms with Gasteiger partial charge < -0.3 is 5.11 Å². The number of rotatable bonds is 6. The molecule has 1 N–H and O–H groups in total. The number of allylic oxidation sites excluding steroid dienone is 2. The second kappa shape index (κ2) is 5.56. The summed E-state index contributed by atoms with van der Waals surface area (Å²) in [6, 6.07) is 0. The molecule has 1 rings (SSSR count). The van der Waals surface area contributed by atoms with E-state index in [9.17, 15) is 4.79 Å². The van der Waals surface area contributed by atoms with Crippen LogP contribution in [0.1, 0.15) is 46.0 Å². The van der Waals surface area contributed by atoms with Gasteiger partial charge >= 0.3 is 5.97 Å². The number of hydrogen-bond donors (Lipinski definition) is 1. The molecule has 3 heteroatoms. The van der Waals surface area contributed by atoms with Crippen LogP contribution in [0, 0.1) is 11.8 Å². The molecule has 0 atom stereocenters. The van der Waals surface area contributed by atoms with Crippen LogP contribution >= 0.6 is 0 Å². The van der Waals surface area contributed by atoms with Crippen LogP contribution in [-0.2, 0) is 4.79 Å². The maximum absolute atomic E-state index is 10.6. The molecule has 1 aliphatic rings. The van der Waals surface area contributed by atoms with Crippen LogP contribution in [0.25, 0.3) is 0 Å². The molecule has 0 aromatic heterocycles. The van der Waals surface area contributed by atoms with Crippen molar-refractivity contribution in [3.8, 4) is 0 Å². The minimum Gasteiger partial charge on any atom is -0.481 e. The predicted octanol–water partition coefficient (Wildman–Crippen LogP) is 3.19. The molecule has 0 spiro atoms. The van der Waals surface area contributed by atoms with E-state index in [1.165, 1.54) is 12.8 Å². The largest absolute Gasteiger partial charge is 0.481 e. The monoisotopic (exact) mass is 220 g/mol. The lowest BCUT2D eigenvalue weighted by Crippen LogP contribution is -2.34. The van der Waals surface area contributed by atoms with Gasteiger partial charge in [0.2, 0.25) is 0 Å². The van der Waals surface area contributed by atoms with Crippen LogP contribution < -0.4 is 0 Å². The average Bonchev–Trinajstić information content (AvgIpc) is 2.12. The molecular formula is C13H21BO2. The minimum absolute atomic E-state index is 0.231. The van der Waals surface area contributed by atoms with Crippen molar-refractivity contribution in [2.75, 3.05) is 0 Å². The Morgan fingerprint density at radius 1 is 1.56 bits per heavy atom. The van der Waals surface area contributed by atoms with E-state index in [4.69, 9.17) is 13.0 Å². The normalized spacial score (nSPS) is 29.6. The summed E-state index contributed by atoms with van der Waals surface area (Å²) >= 11 is 0. The highest BCUT2D eigenvalue weighted by atomic mass is 16.4. The summed E-state index contributed by atoms with van der Waals surface area (Å²) in [6.07, 6.45) is 8.76. The summed E-state index contributed by atoms with van der Waals surface area (Å²) < 4.78 is 0. The Labute approximate surface area is 99.5 Å². The molecule has 0 saturated heterocycles. The summed E-state index contributed by atoms with van der Waals surface area (Å²) in [4.78, 5) is 10.6. The number of unbranched alkanes of at least 4 members (excludes halogenated alkanes) is 1. The van der Waals surface area contributed by atoms with Gasteiger partial charge in [-0.15, -0.1) is 0 Å². The standard InChI is InChI=1S/C13H21BO2/c1-10(2)6-4-3-5-7-13(14)8-11(9-13)12(15)16/h5,7,10-11H,3-4,6,8-9H2,1-2H3,(H,15,16)/b7-5+. The van der Waals surface area contributed by atoms with Gasteiger partial charge in [0, 0.05) is 0 Å². The molecule has 1 fully saturated rings. The quantitative estimate of drug-likeness (QED) is 0.424. The molecule has 0 unspecified atom stereocenters. The number of carboxylic acids is 1. The van der Waals surface area contributed by atoms with E-state index in [2.05, 4.69) is 19.9 Å². The van der Waals surface area contributed by atoms with Crippen LogP contribution in [0.15, 0.2) is 12.2 Å². The van der Waals surface area contributed by atoms with E-state index in [0.717, 1.165) is 12.3 Å². The van der Waals surface area contributed by atoms with Gasteiger partial charge in [-0.2, -0.15) is 0 Å². The molecule has 0 amide bonds. The van der Waals surface area contributed by atoms with Crippen molar-refractivity contribution in [2.45, 2.75) is 51.3 Å². The summed E-state index contributed by atoms with van der Waals surface area (Å²) in [5.74, 6) is -0.195. The molecular weight excluding hydrogens is 199 g/mol. The van der Waals surface area contributed by atoms with Crippen molar-refractivity contribution in [3.63, 3.8) is 0 Å². The first-order valence-corrected chi connectivity index (χ1v) is 6.12. The van der Waals surface area contributed by atoms with E-state index in [1.807, 2.05) is 6.08 Å². The van der Waals surface area contributed by atoms with Gasteiger partial charge in [0.1, 0.15) is 0 Å². The van der Waals surface area contributed by atoms with Gasteiger partial charge in [0.25, 0.3) is 0 Å². The van der Waals surface area contributed by atoms with Crippen LogP contribution in [0.5, 0.6) is 0 Å². The van der Waals surface area contributed by atoms with Gasteiger partial charge in [-0.25, -0.2) is 0 Å². The Kier molecular flexibility index (Phi) is 4.63. The second-order valence-electron chi connectivity index (χ2n) is 5.40. The van der Waals surface area contributed by atoms with E-state index in [1.54, 1.807) is 0 Å². The highest BCUT2D eigenvalue weighted by Crippen LogP contribution is 2.50. The molecule has 2 radical (unpaired) electrons. The van der Waals surface area contributed by atoms with Gasteiger partial charge in [0.05, 0.1) is 13.8 Å². The zero-order valence-electron chi connectivity index (χ0n) is 10.3. The predicted molar refractivity (Wildman–Crippen MR) is 66.6 cm³/mol. The Hall–Kier alpha value is -0.725. The van der Waals surface area contributed by atoms with E-state index in [0.29, 0.717) is 12.8 Å². The van der Waals surface area contributed by atoms with Crippen molar-refractivity contribution in [2.24, 2.45) is 11.8 Å². The summed E-state index contributed by atoms with van der Waals surface area (Å²) in [6.45, 7) is 4.44. The third-order valence-corrected chi connectivity index (χ3v) is 3.20. The van der Waals surface area contributed by atoms with Crippen molar-refractivity contribution >= 4 is 13.8 Å². The molecule has 1 aliphatic carbocycles. The van der Waals surface area contributed by atoms with Crippen LogP contribution in [0.3, 0.4) is 0 Å². The Morgan fingerprint density at radius 2 is 2.19 bits per heavy atom. The minimum atomic E-state index is -0.714. The maximum atomic E-state index is 10.6. The lowest BCUT2D eigenvalue weighted by Gasteiger charge is -2.41. The van der Waals surface area contributed by atoms with Crippen molar-refractivity contribution in [1.29, 1.82) is 0 Å². The third kappa shape index (κ3) is 4.03. The number of carboxylic acid groups (broad SMARTS) is 1. The highest BCUT2D eigenvalue weighted by Gasteiger charge is 2.41. The Bertz CT molecular complexity index is 265. The lowest BCUT2D eigenvalue weighted by molar-refractivity contribution is -0.145. The number of aliphatic carboxylic acids is 1. The molecule has 0 aromatic carbocycles. The zero-order valence-corrected chi connectivity index (χ0v) is 10.3. The first-order valence-electron chi connectivity index (χ1n) is 6.12. The van der Waals surface area contributed by atoms with Gasteiger partial charge in [-0.3, -0.25) is 4.79 Å². The number of hydrogen-bond acceptors (Lipinski definition) is 1. The zero-order chi connectivity index (χ0) is 12.2. The Morgan fingerprint density at radius 3 is 2.69 bits per heavy atom. The average molecular weight is 220 g/mol. The van der Waals surface area contributed by atoms with Crippen molar-refractivity contribution in [1.82, 2.24) is 0 Å². The van der Waals surface area contributed by atoms with Gasteiger partial charge in [0.15, 0.2) is 0 Å². The van der Waals surface area contributed by atoms with Gasteiger partial charge in [-0.05, 0) is 36.9 Å². The fourth-order valence-electron chi connectivity index (χ4n) is 2.13. The molecule has 0 aliphatic heterocycles. The Balaban J connectivity index is 2.18. The summed E-state index contributed by atoms with van der Waals surface area (Å²) in [5, 5.41) is 8.41. The fourth-order valence-corrected chi connectivity index (χ4v) is 2.13. The van der Waals surface area contributed by atoms with E-state index in [-0.39, 0.29) is 11.2 Å². The second-order valence-corrected chi connectivity index (χ2v) is 5.40. The van der Waals surface area contributed by atoms with E-state index >= 15 is 0 Å². The summed E-state index contributed by atoms with van der Waals surface area (Å²) in [5.41, 5.74) is 0. The first-order chi connectivity index (χ1) is 7.43. The topological polar surface area (TPSA) is 37.3 Å². The smallest absolute Gasteiger partial charge is 0.306 e. The van der Waals surface area contributed by atoms with Crippen LogP contribution in [0.4, 0.5) is 0 Å². The van der Waals surface area contributed by atoms with Crippen molar-refractivity contribution in [3.05, 3.63) is 12.2 Å². The summed E-state index contributed by atoms with van der Waals surface area (Å²) in [7, 11) is 6.02. The SMILES string of the molecule is [B]C1(/C=C/CCCC(C)C)CC(C(=O)O)C1.